The van der Waals surface area contributed by atoms with Gasteiger partial charge >= 0.3 is 5.97 Å². The van der Waals surface area contributed by atoms with E-state index in [4.69, 9.17) is 10.5 Å². The summed E-state index contributed by atoms with van der Waals surface area (Å²) in [4.78, 5) is 55.5. The summed E-state index contributed by atoms with van der Waals surface area (Å²) in [5.41, 5.74) is 1.50. The van der Waals surface area contributed by atoms with Crippen LogP contribution in [0.2, 0.25) is 0 Å². The summed E-state index contributed by atoms with van der Waals surface area (Å²) >= 11 is 0. The quantitative estimate of drug-likeness (QED) is 0.105. The number of phenolic OH excluding ortho intramolecular Hbond substituents is 1. The van der Waals surface area contributed by atoms with Crippen LogP contribution in [0.5, 0.6) is 5.75 Å². The highest BCUT2D eigenvalue weighted by Gasteiger charge is 2.68. The zero-order valence-electron chi connectivity index (χ0n) is 28.6. The van der Waals surface area contributed by atoms with Crippen LogP contribution in [0.1, 0.15) is 94.0 Å². The third kappa shape index (κ3) is 6.30. The zero-order valence-corrected chi connectivity index (χ0v) is 28.6. The first-order chi connectivity index (χ1) is 22.7. The molecule has 1 amide bonds. The van der Waals surface area contributed by atoms with Crippen molar-refractivity contribution in [2.24, 2.45) is 29.4 Å². The van der Waals surface area contributed by atoms with Gasteiger partial charge in [0.15, 0.2) is 11.4 Å². The van der Waals surface area contributed by atoms with Crippen LogP contribution >= 0.6 is 0 Å². The molecule has 0 saturated carbocycles. The fraction of sp³-hybridized carbons (Fsp3) is 0.568. The molecule has 0 fully saturated rings. The Morgan fingerprint density at radius 3 is 2.35 bits per heavy atom. The van der Waals surface area contributed by atoms with Crippen LogP contribution in [0.25, 0.3) is 0 Å². The summed E-state index contributed by atoms with van der Waals surface area (Å²) in [7, 11) is 3.05. The third-order valence-electron chi connectivity index (χ3n) is 10.8. The van der Waals surface area contributed by atoms with E-state index in [9.17, 15) is 39.6 Å². The van der Waals surface area contributed by atoms with Crippen LogP contribution in [0, 0.1) is 23.7 Å². The number of amides is 1. The molecular weight excluding hydrogens is 616 g/mol. The van der Waals surface area contributed by atoms with Gasteiger partial charge in [-0.2, -0.15) is 0 Å². The van der Waals surface area contributed by atoms with Crippen molar-refractivity contribution in [2.45, 2.75) is 95.8 Å². The molecule has 0 heterocycles. The number of esters is 1. The first-order valence-electron chi connectivity index (χ1n) is 16.9. The lowest BCUT2D eigenvalue weighted by Gasteiger charge is -2.54. The molecule has 0 aliphatic heterocycles. The summed E-state index contributed by atoms with van der Waals surface area (Å²) in [6.45, 7) is 9.93. The van der Waals surface area contributed by atoms with E-state index < -0.39 is 81.6 Å². The number of likely N-dealkylation sites (N-methyl/N-ethyl adjacent to an activating group) is 1. The van der Waals surface area contributed by atoms with Crippen molar-refractivity contribution in [3.05, 3.63) is 64.6 Å². The van der Waals surface area contributed by atoms with Gasteiger partial charge in [-0.3, -0.25) is 24.1 Å². The summed E-state index contributed by atoms with van der Waals surface area (Å²) in [5.74, 6) is -8.65. The minimum absolute atomic E-state index is 0.0154. The Kier molecular flexibility index (Phi) is 11.3. The third-order valence-corrected chi connectivity index (χ3v) is 10.8. The number of hydrogen-bond acceptors (Lipinski definition) is 10. The molecule has 11 nitrogen and oxygen atoms in total. The van der Waals surface area contributed by atoms with Crippen molar-refractivity contribution in [3.8, 4) is 5.75 Å². The lowest BCUT2D eigenvalue weighted by molar-refractivity contribution is -0.181. The number of hydrogen-bond donors (Lipinski definition) is 5. The average Bonchev–Trinajstić information content (AvgIpc) is 3.03. The molecule has 0 aromatic heterocycles. The standard InChI is InChI=1S/C37H50N2O9/c1-7-10-13-21(18-20(8-2)9-3)14-11-17-24(41)48-33-25-19(4)22-15-12-16-23(40)26(22)31(42)27(25)34(44)37(47)29(33)30(39(5)6)32(43)28(35(37)45)36(38)46/h7,12,15-16,19-21,25,29-30,33,40,43-44,47H,1,8-11,13-14,17-18H2,2-6H3,(H2,38,46)/t19-,21?,25+,29+,30-,33-,37-/m0/s1. The second-order valence-electron chi connectivity index (χ2n) is 13.8. The Morgan fingerprint density at radius 2 is 1.77 bits per heavy atom. The Balaban J connectivity index is 1.79. The van der Waals surface area contributed by atoms with Crippen molar-refractivity contribution >= 4 is 23.4 Å². The van der Waals surface area contributed by atoms with Crippen molar-refractivity contribution < 1.29 is 44.3 Å². The number of aliphatic hydroxyl groups is 3. The van der Waals surface area contributed by atoms with Crippen LogP contribution in [-0.2, 0) is 19.1 Å². The maximum atomic E-state index is 14.0. The summed E-state index contributed by atoms with van der Waals surface area (Å²) < 4.78 is 6.16. The molecule has 3 aliphatic rings. The van der Waals surface area contributed by atoms with Crippen LogP contribution < -0.4 is 5.73 Å². The highest BCUT2D eigenvalue weighted by molar-refractivity contribution is 6.25. The van der Waals surface area contributed by atoms with Crippen LogP contribution in [0.15, 0.2) is 53.5 Å². The number of rotatable bonds is 14. The Bertz CT molecular complexity index is 1520. The Hall–Kier alpha value is -3.96. The minimum atomic E-state index is -2.97. The molecule has 0 radical (unpaired) electrons. The predicted molar refractivity (Wildman–Crippen MR) is 179 cm³/mol. The van der Waals surface area contributed by atoms with Crippen LogP contribution in [-0.4, -0.2) is 80.6 Å². The molecular formula is C37H50N2O9. The van der Waals surface area contributed by atoms with Gasteiger partial charge < -0.3 is 30.9 Å². The number of ketones is 2. The molecule has 0 saturated heterocycles. The molecule has 1 aromatic rings. The summed E-state index contributed by atoms with van der Waals surface area (Å²) in [6, 6.07) is 3.20. The van der Waals surface area contributed by atoms with Crippen molar-refractivity contribution in [2.75, 3.05) is 14.1 Å². The largest absolute Gasteiger partial charge is 0.510 e. The number of nitrogens with two attached hydrogens (primary N) is 1. The highest BCUT2D eigenvalue weighted by atomic mass is 16.5. The fourth-order valence-electron chi connectivity index (χ4n) is 8.27. The van der Waals surface area contributed by atoms with E-state index in [1.165, 1.54) is 25.1 Å². The van der Waals surface area contributed by atoms with E-state index in [2.05, 4.69) is 20.4 Å². The Morgan fingerprint density at radius 1 is 1.10 bits per heavy atom. The number of allylic oxidation sites excluding steroid dienone is 1. The number of aliphatic hydroxyl groups excluding tert-OH is 2. The second kappa shape index (κ2) is 14.7. The predicted octanol–water partition coefficient (Wildman–Crippen LogP) is 4.78. The van der Waals surface area contributed by atoms with Crippen molar-refractivity contribution in [1.29, 1.82) is 0 Å². The van der Waals surface area contributed by atoms with E-state index in [-0.39, 0.29) is 17.7 Å². The molecule has 0 spiro atoms. The van der Waals surface area contributed by atoms with Crippen molar-refractivity contribution in [1.82, 2.24) is 4.90 Å². The molecule has 3 aliphatic carbocycles. The first kappa shape index (κ1) is 36.9. The average molecular weight is 667 g/mol. The van der Waals surface area contributed by atoms with Gasteiger partial charge in [0.1, 0.15) is 28.9 Å². The number of carbonyl (C=O) groups excluding carboxylic acids is 4. The lowest BCUT2D eigenvalue weighted by Crippen LogP contribution is -2.69. The number of aromatic hydroxyl groups is 1. The van der Waals surface area contributed by atoms with Crippen LogP contribution in [0.4, 0.5) is 0 Å². The maximum absolute atomic E-state index is 14.0. The molecule has 0 bridgehead atoms. The normalized spacial score (nSPS) is 27.5. The van der Waals surface area contributed by atoms with Gasteiger partial charge in [0.25, 0.3) is 5.91 Å². The fourth-order valence-corrected chi connectivity index (χ4v) is 8.27. The number of primary amides is 1. The summed E-state index contributed by atoms with van der Waals surface area (Å²) in [5, 5.41) is 45.9. The number of fused-ring (bicyclic) bond motifs is 3. The van der Waals surface area contributed by atoms with Gasteiger partial charge in [0, 0.05) is 17.9 Å². The second-order valence-corrected chi connectivity index (χ2v) is 13.8. The van der Waals surface area contributed by atoms with E-state index in [1.54, 1.807) is 19.1 Å². The van der Waals surface area contributed by atoms with Crippen molar-refractivity contribution in [3.63, 3.8) is 0 Å². The zero-order chi connectivity index (χ0) is 35.7. The topological polar surface area (TPSA) is 188 Å². The van der Waals surface area contributed by atoms with Gasteiger partial charge in [0.05, 0.1) is 17.5 Å². The molecule has 11 heteroatoms. The maximum Gasteiger partial charge on any atom is 0.306 e. The molecule has 1 aromatic carbocycles. The van der Waals surface area contributed by atoms with Gasteiger partial charge in [-0.05, 0) is 75.6 Å². The van der Waals surface area contributed by atoms with E-state index in [0.29, 0.717) is 23.8 Å². The molecule has 6 N–H and O–H groups in total. The number of phenols is 1. The number of ether oxygens (including phenoxy) is 1. The monoisotopic (exact) mass is 666 g/mol. The number of benzene rings is 1. The molecule has 48 heavy (non-hydrogen) atoms. The first-order valence-corrected chi connectivity index (χ1v) is 16.9. The van der Waals surface area contributed by atoms with Crippen LogP contribution in [0.3, 0.4) is 0 Å². The van der Waals surface area contributed by atoms with E-state index in [1.807, 2.05) is 6.08 Å². The molecule has 1 unspecified atom stereocenters. The SMILES string of the molecule is C=CCCC(CCCC(=O)O[C@H]1[C@H]2C(=C(O)[C@]3(O)C(=O)C(C(N)=O)=C(O)[C@@H](N(C)C)[C@H]13)C(=O)c1c(O)cccc1[C@@H]2C)CC(CC)CC. The van der Waals surface area contributed by atoms with E-state index in [0.717, 1.165) is 38.5 Å². The number of Topliss-reactive ketones (excluding diaryl/α,β-unsaturated/α-hetero) is 2. The molecule has 262 valence electrons. The molecule has 4 rings (SSSR count). The summed E-state index contributed by atoms with van der Waals surface area (Å²) in [6.07, 6.45) is 6.78. The van der Waals surface area contributed by atoms with E-state index >= 15 is 0 Å². The molecule has 7 atom stereocenters. The van der Waals surface area contributed by atoms with Gasteiger partial charge in [-0.15, -0.1) is 6.58 Å². The smallest absolute Gasteiger partial charge is 0.306 e. The number of carbonyl (C=O) groups is 4. The number of nitrogens with zero attached hydrogens (tertiary/aromatic N) is 1. The van der Waals surface area contributed by atoms with Gasteiger partial charge in [-0.25, -0.2) is 0 Å². The van der Waals surface area contributed by atoms with Gasteiger partial charge in [-0.1, -0.05) is 51.8 Å². The lowest BCUT2D eigenvalue weighted by atomic mass is 9.55. The van der Waals surface area contributed by atoms with Gasteiger partial charge in [0.2, 0.25) is 5.78 Å². The Labute approximate surface area is 282 Å². The highest BCUT2D eigenvalue weighted by Crippen LogP contribution is 2.56. The minimum Gasteiger partial charge on any atom is -0.510 e.